The summed E-state index contributed by atoms with van der Waals surface area (Å²) in [5.74, 6) is 2.32. The van der Waals surface area contributed by atoms with Crippen molar-refractivity contribution in [1.82, 2.24) is 10.5 Å². The summed E-state index contributed by atoms with van der Waals surface area (Å²) in [6.07, 6.45) is 2.50. The monoisotopic (exact) mass is 194 g/mol. The van der Waals surface area contributed by atoms with Crippen LogP contribution in [0.25, 0.3) is 0 Å². The highest BCUT2D eigenvalue weighted by molar-refractivity contribution is 5.09. The van der Waals surface area contributed by atoms with Crippen LogP contribution in [0.2, 0.25) is 0 Å². The number of piperidine rings is 1. The van der Waals surface area contributed by atoms with E-state index in [9.17, 15) is 0 Å². The minimum atomic E-state index is 0.512. The van der Waals surface area contributed by atoms with Gasteiger partial charge < -0.3 is 9.84 Å². The Kier molecular flexibility index (Phi) is 2.87. The third-order valence-electron chi connectivity index (χ3n) is 3.19. The van der Waals surface area contributed by atoms with Gasteiger partial charge in [-0.1, -0.05) is 12.1 Å². The van der Waals surface area contributed by atoms with Crippen LogP contribution in [-0.2, 0) is 0 Å². The number of rotatable bonds is 2. The molecule has 1 aromatic heterocycles. The van der Waals surface area contributed by atoms with Gasteiger partial charge in [-0.2, -0.15) is 0 Å². The first kappa shape index (κ1) is 9.71. The largest absolute Gasteiger partial charge is 0.361 e. The number of aromatic nitrogens is 1. The van der Waals surface area contributed by atoms with Crippen LogP contribution in [0.15, 0.2) is 10.6 Å². The molecule has 0 amide bonds. The number of aryl methyl sites for hydroxylation is 1. The molecule has 3 nitrogen and oxygen atoms in total. The molecule has 2 heterocycles. The first-order valence-corrected chi connectivity index (χ1v) is 5.41. The van der Waals surface area contributed by atoms with Crippen LogP contribution in [-0.4, -0.2) is 18.2 Å². The summed E-state index contributed by atoms with van der Waals surface area (Å²) in [4.78, 5) is 0. The highest BCUT2D eigenvalue weighted by Crippen LogP contribution is 2.30. The second-order valence-electron chi connectivity index (χ2n) is 4.25. The molecular weight excluding hydrogens is 176 g/mol. The van der Waals surface area contributed by atoms with Crippen molar-refractivity contribution >= 4 is 0 Å². The van der Waals surface area contributed by atoms with Crippen LogP contribution >= 0.6 is 0 Å². The van der Waals surface area contributed by atoms with Gasteiger partial charge in [0, 0.05) is 12.0 Å². The van der Waals surface area contributed by atoms with Gasteiger partial charge in [0.2, 0.25) is 0 Å². The van der Waals surface area contributed by atoms with Crippen molar-refractivity contribution in [3.05, 3.63) is 17.5 Å². The Hall–Kier alpha value is -0.830. The van der Waals surface area contributed by atoms with E-state index < -0.39 is 0 Å². The molecule has 0 aliphatic carbocycles. The molecule has 0 aromatic carbocycles. The molecule has 1 aliphatic heterocycles. The number of nitrogens with zero attached hydrogens (tertiary/aromatic N) is 1. The van der Waals surface area contributed by atoms with Crippen LogP contribution in [0.4, 0.5) is 0 Å². The Balaban J connectivity index is 2.03. The Morgan fingerprint density at radius 2 is 2.21 bits per heavy atom. The Bertz CT molecular complexity index is 289. The highest BCUT2D eigenvalue weighted by Gasteiger charge is 2.23. The van der Waals surface area contributed by atoms with Gasteiger partial charge in [0.1, 0.15) is 5.76 Å². The maximum atomic E-state index is 5.31. The molecular formula is C11H18N2O. The van der Waals surface area contributed by atoms with Gasteiger partial charge in [0.15, 0.2) is 0 Å². The SMILES string of the molecule is Cc1cc(C(C)C2CCNCC2)on1. The molecule has 1 fully saturated rings. The van der Waals surface area contributed by atoms with E-state index in [-0.39, 0.29) is 0 Å². The molecule has 1 aromatic rings. The van der Waals surface area contributed by atoms with Crippen molar-refractivity contribution in [3.63, 3.8) is 0 Å². The van der Waals surface area contributed by atoms with Crippen molar-refractivity contribution in [2.24, 2.45) is 5.92 Å². The Labute approximate surface area is 84.9 Å². The fourth-order valence-corrected chi connectivity index (χ4v) is 2.17. The second kappa shape index (κ2) is 4.13. The Morgan fingerprint density at radius 1 is 1.50 bits per heavy atom. The van der Waals surface area contributed by atoms with Crippen molar-refractivity contribution in [2.45, 2.75) is 32.6 Å². The second-order valence-corrected chi connectivity index (χ2v) is 4.25. The summed E-state index contributed by atoms with van der Waals surface area (Å²) in [5, 5.41) is 7.32. The third kappa shape index (κ3) is 1.98. The maximum absolute atomic E-state index is 5.31. The summed E-state index contributed by atoms with van der Waals surface area (Å²) < 4.78 is 5.31. The fraction of sp³-hybridized carbons (Fsp3) is 0.727. The molecule has 0 saturated carbocycles. The van der Waals surface area contributed by atoms with E-state index in [4.69, 9.17) is 4.52 Å². The van der Waals surface area contributed by atoms with Gasteiger partial charge in [-0.3, -0.25) is 0 Å². The molecule has 1 atom stereocenters. The van der Waals surface area contributed by atoms with Gasteiger partial charge in [0.25, 0.3) is 0 Å². The number of hydrogen-bond donors (Lipinski definition) is 1. The lowest BCUT2D eigenvalue weighted by atomic mass is 9.84. The van der Waals surface area contributed by atoms with Crippen LogP contribution in [0.3, 0.4) is 0 Å². The number of nitrogens with one attached hydrogen (secondary N) is 1. The molecule has 1 aliphatic rings. The van der Waals surface area contributed by atoms with E-state index in [1.807, 2.05) is 6.92 Å². The van der Waals surface area contributed by atoms with Crippen LogP contribution < -0.4 is 5.32 Å². The summed E-state index contributed by atoms with van der Waals surface area (Å²) in [6.45, 7) is 6.50. The summed E-state index contributed by atoms with van der Waals surface area (Å²) >= 11 is 0. The van der Waals surface area contributed by atoms with E-state index >= 15 is 0 Å². The van der Waals surface area contributed by atoms with Crippen molar-refractivity contribution in [2.75, 3.05) is 13.1 Å². The molecule has 1 saturated heterocycles. The minimum Gasteiger partial charge on any atom is -0.361 e. The highest BCUT2D eigenvalue weighted by atomic mass is 16.5. The van der Waals surface area contributed by atoms with E-state index in [1.165, 1.54) is 12.8 Å². The standard InChI is InChI=1S/C11H18N2O/c1-8-7-11(14-13-8)9(2)10-3-5-12-6-4-10/h7,9-10,12H,3-6H2,1-2H3. The van der Waals surface area contributed by atoms with E-state index in [1.54, 1.807) is 0 Å². The molecule has 14 heavy (non-hydrogen) atoms. The molecule has 2 rings (SSSR count). The third-order valence-corrected chi connectivity index (χ3v) is 3.19. The quantitative estimate of drug-likeness (QED) is 0.783. The zero-order valence-corrected chi connectivity index (χ0v) is 8.92. The van der Waals surface area contributed by atoms with Gasteiger partial charge in [-0.25, -0.2) is 0 Å². The topological polar surface area (TPSA) is 38.1 Å². The van der Waals surface area contributed by atoms with E-state index in [0.717, 1.165) is 30.5 Å². The van der Waals surface area contributed by atoms with Crippen LogP contribution in [0, 0.1) is 12.8 Å². The van der Waals surface area contributed by atoms with Gasteiger partial charge in [-0.05, 0) is 38.8 Å². The van der Waals surface area contributed by atoms with Gasteiger partial charge >= 0.3 is 0 Å². The molecule has 1 unspecified atom stereocenters. The lowest BCUT2D eigenvalue weighted by molar-refractivity contribution is 0.277. The lowest BCUT2D eigenvalue weighted by Gasteiger charge is -2.26. The molecule has 3 heteroatoms. The first-order valence-electron chi connectivity index (χ1n) is 5.41. The molecule has 0 bridgehead atoms. The van der Waals surface area contributed by atoms with Crippen molar-refractivity contribution in [3.8, 4) is 0 Å². The summed E-state index contributed by atoms with van der Waals surface area (Å²) in [7, 11) is 0. The molecule has 0 radical (unpaired) electrons. The zero-order chi connectivity index (χ0) is 9.97. The van der Waals surface area contributed by atoms with Crippen LogP contribution in [0.5, 0.6) is 0 Å². The average molecular weight is 194 g/mol. The minimum absolute atomic E-state index is 0.512. The maximum Gasteiger partial charge on any atom is 0.140 e. The predicted octanol–water partition coefficient (Wildman–Crippen LogP) is 2.09. The average Bonchev–Trinajstić information content (AvgIpc) is 2.65. The zero-order valence-electron chi connectivity index (χ0n) is 8.92. The van der Waals surface area contributed by atoms with E-state index in [2.05, 4.69) is 23.5 Å². The normalized spacial score (nSPS) is 21.0. The first-order chi connectivity index (χ1) is 6.77. The van der Waals surface area contributed by atoms with Gasteiger partial charge in [-0.15, -0.1) is 0 Å². The van der Waals surface area contributed by atoms with Crippen LogP contribution in [0.1, 0.15) is 37.1 Å². The summed E-state index contributed by atoms with van der Waals surface area (Å²) in [6, 6.07) is 2.06. The lowest BCUT2D eigenvalue weighted by Crippen LogP contribution is -2.30. The van der Waals surface area contributed by atoms with Crippen molar-refractivity contribution in [1.29, 1.82) is 0 Å². The fourth-order valence-electron chi connectivity index (χ4n) is 2.17. The summed E-state index contributed by atoms with van der Waals surface area (Å²) in [5.41, 5.74) is 0.987. The molecule has 0 spiro atoms. The molecule has 78 valence electrons. The Morgan fingerprint density at radius 3 is 2.79 bits per heavy atom. The smallest absolute Gasteiger partial charge is 0.140 e. The number of hydrogen-bond acceptors (Lipinski definition) is 3. The molecule has 1 N–H and O–H groups in total. The van der Waals surface area contributed by atoms with Crippen molar-refractivity contribution < 1.29 is 4.52 Å². The predicted molar refractivity (Wildman–Crippen MR) is 55.2 cm³/mol. The van der Waals surface area contributed by atoms with Gasteiger partial charge in [0.05, 0.1) is 5.69 Å². The van der Waals surface area contributed by atoms with E-state index in [0.29, 0.717) is 5.92 Å².